The molecule has 2 aromatic carbocycles. The molecular weight excluding hydrogens is 308 g/mol. The maximum atomic E-state index is 12.0. The lowest BCUT2D eigenvalue weighted by Crippen LogP contribution is -2.19. The summed E-state index contributed by atoms with van der Waals surface area (Å²) in [4.78, 5) is 23.7. The van der Waals surface area contributed by atoms with Crippen LogP contribution in [0.2, 0.25) is 0 Å². The molecule has 0 radical (unpaired) electrons. The van der Waals surface area contributed by atoms with Crippen LogP contribution in [0.25, 0.3) is 0 Å². The van der Waals surface area contributed by atoms with Crippen LogP contribution in [0.1, 0.15) is 21.5 Å². The fraction of sp³-hybridized carbons (Fsp3) is 0.263. The fourth-order valence-electron chi connectivity index (χ4n) is 2.00. The highest BCUT2D eigenvalue weighted by Crippen LogP contribution is 2.17. The first-order valence-electron chi connectivity index (χ1n) is 7.52. The van der Waals surface area contributed by atoms with Crippen LogP contribution in [0, 0.1) is 13.8 Å². The van der Waals surface area contributed by atoms with Gasteiger partial charge in [0.05, 0.1) is 7.11 Å². The molecule has 0 spiro atoms. The predicted octanol–water partition coefficient (Wildman–Crippen LogP) is 3.12. The molecule has 0 saturated carbocycles. The highest BCUT2D eigenvalue weighted by Gasteiger charge is 2.11. The monoisotopic (exact) mass is 328 g/mol. The number of benzene rings is 2. The highest BCUT2D eigenvalue weighted by atomic mass is 16.6. The minimum atomic E-state index is -0.594. The van der Waals surface area contributed by atoms with Crippen LogP contribution in [-0.2, 0) is 9.53 Å². The molecule has 24 heavy (non-hydrogen) atoms. The van der Waals surface area contributed by atoms with Gasteiger partial charge in [0.2, 0.25) is 0 Å². The van der Waals surface area contributed by atoms with Crippen LogP contribution < -0.4 is 9.47 Å². The van der Waals surface area contributed by atoms with Gasteiger partial charge in [0.25, 0.3) is 0 Å². The van der Waals surface area contributed by atoms with Gasteiger partial charge in [0, 0.05) is 5.56 Å². The maximum Gasteiger partial charge on any atom is 0.344 e. The van der Waals surface area contributed by atoms with Crippen molar-refractivity contribution in [3.8, 4) is 11.5 Å². The lowest BCUT2D eigenvalue weighted by molar-refractivity contribution is -0.144. The zero-order valence-electron chi connectivity index (χ0n) is 14.0. The molecule has 0 heterocycles. The van der Waals surface area contributed by atoms with Crippen molar-refractivity contribution in [1.29, 1.82) is 0 Å². The van der Waals surface area contributed by atoms with Gasteiger partial charge in [-0.3, -0.25) is 4.79 Å². The molecule has 0 aliphatic carbocycles. The van der Waals surface area contributed by atoms with Gasteiger partial charge in [-0.05, 0) is 55.3 Å². The third-order valence-corrected chi connectivity index (χ3v) is 3.61. The van der Waals surface area contributed by atoms with Gasteiger partial charge in [0.1, 0.15) is 11.5 Å². The largest absolute Gasteiger partial charge is 0.497 e. The number of methoxy groups -OCH3 is 1. The van der Waals surface area contributed by atoms with E-state index in [9.17, 15) is 9.59 Å². The first kappa shape index (κ1) is 17.5. The second kappa shape index (κ2) is 8.15. The van der Waals surface area contributed by atoms with E-state index in [0.29, 0.717) is 17.1 Å². The Balaban J connectivity index is 1.79. The molecule has 0 aromatic heterocycles. The standard InChI is InChI=1S/C19H20O5/c1-13-4-5-15(10-14(13)2)18(20)11-24-19(21)12-23-17-8-6-16(22-3)7-9-17/h4-10H,11-12H2,1-3H3. The van der Waals surface area contributed by atoms with E-state index >= 15 is 0 Å². The van der Waals surface area contributed by atoms with Gasteiger partial charge in [-0.2, -0.15) is 0 Å². The minimum Gasteiger partial charge on any atom is -0.497 e. The van der Waals surface area contributed by atoms with Gasteiger partial charge in [0.15, 0.2) is 19.0 Å². The zero-order valence-corrected chi connectivity index (χ0v) is 14.0. The minimum absolute atomic E-state index is 0.240. The lowest BCUT2D eigenvalue weighted by Gasteiger charge is -2.08. The van der Waals surface area contributed by atoms with Crippen LogP contribution in [0.5, 0.6) is 11.5 Å². The first-order valence-corrected chi connectivity index (χ1v) is 7.52. The van der Waals surface area contributed by atoms with Crippen molar-refractivity contribution in [3.63, 3.8) is 0 Å². The highest BCUT2D eigenvalue weighted by molar-refractivity contribution is 5.98. The molecule has 0 saturated heterocycles. The summed E-state index contributed by atoms with van der Waals surface area (Å²) in [5, 5.41) is 0. The van der Waals surface area contributed by atoms with Crippen molar-refractivity contribution in [2.24, 2.45) is 0 Å². The molecule has 5 heteroatoms. The average molecular weight is 328 g/mol. The Labute approximate surface area is 141 Å². The van der Waals surface area contributed by atoms with Crippen molar-refractivity contribution < 1.29 is 23.8 Å². The SMILES string of the molecule is COc1ccc(OCC(=O)OCC(=O)c2ccc(C)c(C)c2)cc1. The number of ketones is 1. The van der Waals surface area contributed by atoms with E-state index in [4.69, 9.17) is 14.2 Å². The van der Waals surface area contributed by atoms with E-state index in [1.165, 1.54) is 0 Å². The summed E-state index contributed by atoms with van der Waals surface area (Å²) in [6.07, 6.45) is 0. The fourth-order valence-corrected chi connectivity index (χ4v) is 2.00. The number of aryl methyl sites for hydroxylation is 2. The Morgan fingerprint density at radius 1 is 0.875 bits per heavy atom. The van der Waals surface area contributed by atoms with Gasteiger partial charge in [-0.15, -0.1) is 0 Å². The first-order chi connectivity index (χ1) is 11.5. The molecule has 0 amide bonds. The average Bonchev–Trinajstić information content (AvgIpc) is 2.60. The molecule has 5 nitrogen and oxygen atoms in total. The molecule has 126 valence electrons. The number of hydrogen-bond acceptors (Lipinski definition) is 5. The molecule has 0 fully saturated rings. The number of Topliss-reactive ketones (excluding diaryl/α,β-unsaturated/α-hetero) is 1. The van der Waals surface area contributed by atoms with E-state index in [2.05, 4.69) is 0 Å². The van der Waals surface area contributed by atoms with Crippen LogP contribution in [0.3, 0.4) is 0 Å². The summed E-state index contributed by atoms with van der Waals surface area (Å²) in [6.45, 7) is 3.35. The maximum absolute atomic E-state index is 12.0. The van der Waals surface area contributed by atoms with E-state index < -0.39 is 5.97 Å². The second-order valence-corrected chi connectivity index (χ2v) is 5.35. The predicted molar refractivity (Wildman–Crippen MR) is 89.7 cm³/mol. The molecular formula is C19H20O5. The van der Waals surface area contributed by atoms with Crippen LogP contribution in [-0.4, -0.2) is 32.1 Å². The summed E-state index contributed by atoms with van der Waals surface area (Å²) >= 11 is 0. The topological polar surface area (TPSA) is 61.8 Å². The normalized spacial score (nSPS) is 10.1. The Hall–Kier alpha value is -2.82. The van der Waals surface area contributed by atoms with Gasteiger partial charge < -0.3 is 14.2 Å². The summed E-state index contributed by atoms with van der Waals surface area (Å²) in [7, 11) is 1.57. The Morgan fingerprint density at radius 3 is 2.17 bits per heavy atom. The lowest BCUT2D eigenvalue weighted by atomic mass is 10.0. The van der Waals surface area contributed by atoms with Gasteiger partial charge >= 0.3 is 5.97 Å². The van der Waals surface area contributed by atoms with Crippen molar-refractivity contribution in [2.45, 2.75) is 13.8 Å². The molecule has 0 atom stereocenters. The van der Waals surface area contributed by atoms with Gasteiger partial charge in [-0.1, -0.05) is 12.1 Å². The zero-order chi connectivity index (χ0) is 17.5. The molecule has 0 aliphatic rings. The van der Waals surface area contributed by atoms with Gasteiger partial charge in [-0.25, -0.2) is 4.79 Å². The molecule has 0 aliphatic heterocycles. The Morgan fingerprint density at radius 2 is 1.54 bits per heavy atom. The number of rotatable bonds is 7. The van der Waals surface area contributed by atoms with Crippen LogP contribution >= 0.6 is 0 Å². The summed E-state index contributed by atoms with van der Waals surface area (Å²) < 4.78 is 15.3. The number of carbonyl (C=O) groups is 2. The number of hydrogen-bond donors (Lipinski definition) is 0. The smallest absolute Gasteiger partial charge is 0.344 e. The Kier molecular flexibility index (Phi) is 5.95. The van der Waals surface area contributed by atoms with Crippen molar-refractivity contribution >= 4 is 11.8 Å². The molecule has 2 rings (SSSR count). The molecule has 0 unspecified atom stereocenters. The number of ether oxygens (including phenoxy) is 3. The number of esters is 1. The summed E-state index contributed by atoms with van der Waals surface area (Å²) in [5.74, 6) is 0.385. The Bertz CT molecular complexity index is 719. The van der Waals surface area contributed by atoms with Crippen molar-refractivity contribution in [2.75, 3.05) is 20.3 Å². The molecule has 0 bridgehead atoms. The number of carbonyl (C=O) groups excluding carboxylic acids is 2. The van der Waals surface area contributed by atoms with Crippen LogP contribution in [0.15, 0.2) is 42.5 Å². The summed E-state index contributed by atoms with van der Waals surface area (Å²) in [6, 6.07) is 12.2. The van der Waals surface area contributed by atoms with Crippen molar-refractivity contribution in [1.82, 2.24) is 0 Å². The third kappa shape index (κ3) is 4.84. The molecule has 2 aromatic rings. The van der Waals surface area contributed by atoms with E-state index in [1.807, 2.05) is 19.9 Å². The van der Waals surface area contributed by atoms with Crippen molar-refractivity contribution in [3.05, 3.63) is 59.2 Å². The quantitative estimate of drug-likeness (QED) is 0.577. The summed E-state index contributed by atoms with van der Waals surface area (Å²) in [5.41, 5.74) is 2.66. The van der Waals surface area contributed by atoms with E-state index in [0.717, 1.165) is 11.1 Å². The van der Waals surface area contributed by atoms with E-state index in [-0.39, 0.29) is 19.0 Å². The third-order valence-electron chi connectivity index (χ3n) is 3.61. The molecule has 0 N–H and O–H groups in total. The van der Waals surface area contributed by atoms with E-state index in [1.54, 1.807) is 43.5 Å². The van der Waals surface area contributed by atoms with Crippen LogP contribution in [0.4, 0.5) is 0 Å². The second-order valence-electron chi connectivity index (χ2n) is 5.35.